The second kappa shape index (κ2) is 9.44. The van der Waals surface area contributed by atoms with Crippen molar-refractivity contribution in [2.24, 2.45) is 11.3 Å². The lowest BCUT2D eigenvalue weighted by Crippen LogP contribution is -2.44. The molecule has 0 aliphatic carbocycles. The number of aryl methyl sites for hydroxylation is 1. The van der Waals surface area contributed by atoms with Gasteiger partial charge in [-0.05, 0) is 62.3 Å². The smallest absolute Gasteiger partial charge is 0.253 e. The van der Waals surface area contributed by atoms with Gasteiger partial charge in [0.15, 0.2) is 0 Å². The minimum atomic E-state index is 0.181. The minimum Gasteiger partial charge on any atom is -0.493 e. The molecule has 2 aliphatic heterocycles. The van der Waals surface area contributed by atoms with Gasteiger partial charge in [0.25, 0.3) is 5.91 Å². The van der Waals surface area contributed by atoms with Crippen LogP contribution in [0.5, 0.6) is 5.75 Å². The predicted octanol–water partition coefficient (Wildman–Crippen LogP) is 5.16. The Morgan fingerprint density at radius 3 is 2.39 bits per heavy atom. The highest BCUT2D eigenvalue weighted by Crippen LogP contribution is 2.41. The number of benzene rings is 2. The fourth-order valence-corrected chi connectivity index (χ4v) is 4.91. The molecule has 0 atom stereocenters. The number of likely N-dealkylation sites (tertiary alicyclic amines) is 2. The lowest BCUT2D eigenvalue weighted by molar-refractivity contribution is 0.0587. The molecule has 4 heteroatoms. The molecule has 31 heavy (non-hydrogen) atoms. The highest BCUT2D eigenvalue weighted by Gasteiger charge is 2.41. The molecule has 166 valence electrons. The van der Waals surface area contributed by atoms with Crippen LogP contribution in [0.2, 0.25) is 0 Å². The number of piperidine rings is 1. The maximum Gasteiger partial charge on any atom is 0.253 e. The van der Waals surface area contributed by atoms with E-state index in [1.54, 1.807) is 0 Å². The van der Waals surface area contributed by atoms with Crippen LogP contribution in [-0.4, -0.2) is 48.5 Å². The zero-order valence-corrected chi connectivity index (χ0v) is 19.3. The van der Waals surface area contributed by atoms with Crippen molar-refractivity contribution in [3.8, 4) is 5.75 Å². The third-order valence-electron chi connectivity index (χ3n) is 6.87. The summed E-state index contributed by atoms with van der Waals surface area (Å²) >= 11 is 0. The van der Waals surface area contributed by atoms with Crippen molar-refractivity contribution >= 4 is 5.91 Å². The average Bonchev–Trinajstić information content (AvgIpc) is 3.15. The Bertz CT molecular complexity index is 882. The van der Waals surface area contributed by atoms with Crippen LogP contribution in [0.15, 0.2) is 48.5 Å². The fourth-order valence-electron chi connectivity index (χ4n) is 4.91. The van der Waals surface area contributed by atoms with Gasteiger partial charge in [-0.1, -0.05) is 49.7 Å². The van der Waals surface area contributed by atoms with E-state index >= 15 is 0 Å². The monoisotopic (exact) mass is 420 g/mol. The summed E-state index contributed by atoms with van der Waals surface area (Å²) in [5.41, 5.74) is 3.65. The van der Waals surface area contributed by atoms with Crippen LogP contribution in [-0.2, 0) is 6.54 Å². The Morgan fingerprint density at radius 1 is 1.00 bits per heavy atom. The molecule has 2 aromatic carbocycles. The number of rotatable bonds is 6. The number of hydrogen-bond donors (Lipinski definition) is 0. The van der Waals surface area contributed by atoms with E-state index in [-0.39, 0.29) is 5.91 Å². The highest BCUT2D eigenvalue weighted by atomic mass is 16.5. The van der Waals surface area contributed by atoms with E-state index in [9.17, 15) is 4.79 Å². The average molecular weight is 421 g/mol. The van der Waals surface area contributed by atoms with Gasteiger partial charge >= 0.3 is 0 Å². The van der Waals surface area contributed by atoms with Gasteiger partial charge in [-0.2, -0.15) is 0 Å². The van der Waals surface area contributed by atoms with E-state index in [2.05, 4.69) is 49.9 Å². The molecular weight excluding hydrogens is 384 g/mol. The van der Waals surface area contributed by atoms with Gasteiger partial charge in [0.2, 0.25) is 0 Å². The number of carbonyl (C=O) groups excluding carboxylic acids is 1. The van der Waals surface area contributed by atoms with Crippen LogP contribution < -0.4 is 4.74 Å². The second-order valence-electron chi connectivity index (χ2n) is 9.93. The topological polar surface area (TPSA) is 32.8 Å². The molecule has 4 rings (SSSR count). The first-order valence-corrected chi connectivity index (χ1v) is 11.7. The molecule has 2 aliphatic rings. The molecule has 4 nitrogen and oxygen atoms in total. The molecule has 1 amide bonds. The molecule has 2 heterocycles. The number of amides is 1. The van der Waals surface area contributed by atoms with Gasteiger partial charge in [-0.3, -0.25) is 9.69 Å². The van der Waals surface area contributed by atoms with Gasteiger partial charge in [-0.15, -0.1) is 0 Å². The summed E-state index contributed by atoms with van der Waals surface area (Å²) in [7, 11) is 0. The molecule has 2 saturated heterocycles. The summed E-state index contributed by atoms with van der Waals surface area (Å²) in [6.07, 6.45) is 3.44. The first kappa shape index (κ1) is 21.9. The summed E-state index contributed by atoms with van der Waals surface area (Å²) < 4.78 is 6.06. The normalized spacial score (nSPS) is 18.6. The molecule has 0 N–H and O–H groups in total. The van der Waals surface area contributed by atoms with Crippen molar-refractivity contribution in [3.05, 3.63) is 65.2 Å². The lowest BCUT2D eigenvalue weighted by Gasteiger charge is -2.39. The molecule has 0 unspecified atom stereocenters. The number of para-hydroxylation sites is 1. The standard InChI is InChI=1S/C27H36N2O2/c1-21(2)19-31-25-7-5-4-6-24(25)18-28-15-12-27(20-28)13-16-29(17-14-27)26(30)23-10-8-22(3)9-11-23/h4-11,21H,12-20H2,1-3H3. The van der Waals surface area contributed by atoms with Gasteiger partial charge < -0.3 is 9.64 Å². The summed E-state index contributed by atoms with van der Waals surface area (Å²) in [5.74, 6) is 1.73. The maximum absolute atomic E-state index is 12.9. The third kappa shape index (κ3) is 5.30. The maximum atomic E-state index is 12.9. The second-order valence-corrected chi connectivity index (χ2v) is 9.93. The summed E-state index contributed by atoms with van der Waals surface area (Å²) in [5, 5.41) is 0. The Kier molecular flexibility index (Phi) is 6.66. The molecule has 0 saturated carbocycles. The van der Waals surface area contributed by atoms with Crippen molar-refractivity contribution in [3.63, 3.8) is 0 Å². The van der Waals surface area contributed by atoms with Crippen LogP contribution in [0.1, 0.15) is 54.6 Å². The Morgan fingerprint density at radius 2 is 1.68 bits per heavy atom. The molecule has 0 aromatic heterocycles. The van der Waals surface area contributed by atoms with Crippen LogP contribution in [0.4, 0.5) is 0 Å². The van der Waals surface area contributed by atoms with E-state index in [1.807, 2.05) is 29.2 Å². The molecule has 1 spiro atoms. The van der Waals surface area contributed by atoms with E-state index in [4.69, 9.17) is 4.74 Å². The van der Waals surface area contributed by atoms with Crippen LogP contribution >= 0.6 is 0 Å². The van der Waals surface area contributed by atoms with E-state index in [0.29, 0.717) is 11.3 Å². The molecule has 0 bridgehead atoms. The lowest BCUT2D eigenvalue weighted by atomic mass is 9.77. The Labute approximate surface area is 187 Å². The largest absolute Gasteiger partial charge is 0.493 e. The van der Waals surface area contributed by atoms with E-state index in [0.717, 1.165) is 63.5 Å². The van der Waals surface area contributed by atoms with Gasteiger partial charge in [0.05, 0.1) is 6.61 Å². The Balaban J connectivity index is 1.32. The quantitative estimate of drug-likeness (QED) is 0.647. The number of nitrogens with zero attached hydrogens (tertiary/aromatic N) is 2. The van der Waals surface area contributed by atoms with Crippen molar-refractivity contribution < 1.29 is 9.53 Å². The molecule has 2 fully saturated rings. The minimum absolute atomic E-state index is 0.181. The SMILES string of the molecule is Cc1ccc(C(=O)N2CCC3(CCN(Cc4ccccc4OCC(C)C)C3)CC2)cc1. The van der Waals surface area contributed by atoms with Gasteiger partial charge in [0, 0.05) is 37.3 Å². The Hall–Kier alpha value is -2.33. The van der Waals surface area contributed by atoms with E-state index in [1.165, 1.54) is 17.5 Å². The number of carbonyl (C=O) groups is 1. The zero-order chi connectivity index (χ0) is 21.8. The third-order valence-corrected chi connectivity index (χ3v) is 6.87. The summed E-state index contributed by atoms with van der Waals surface area (Å²) in [6, 6.07) is 16.4. The predicted molar refractivity (Wildman–Crippen MR) is 125 cm³/mol. The zero-order valence-electron chi connectivity index (χ0n) is 19.3. The van der Waals surface area contributed by atoms with Crippen molar-refractivity contribution in [1.29, 1.82) is 0 Å². The molecular formula is C27H36N2O2. The first-order chi connectivity index (χ1) is 14.9. The van der Waals surface area contributed by atoms with Crippen LogP contribution in [0, 0.1) is 18.3 Å². The fraction of sp³-hybridized carbons (Fsp3) is 0.519. The highest BCUT2D eigenvalue weighted by molar-refractivity contribution is 5.94. The van der Waals surface area contributed by atoms with Gasteiger partial charge in [-0.25, -0.2) is 0 Å². The number of hydrogen-bond acceptors (Lipinski definition) is 3. The van der Waals surface area contributed by atoms with Crippen molar-refractivity contribution in [2.45, 2.75) is 46.6 Å². The van der Waals surface area contributed by atoms with Crippen LogP contribution in [0.3, 0.4) is 0 Å². The first-order valence-electron chi connectivity index (χ1n) is 11.7. The summed E-state index contributed by atoms with van der Waals surface area (Å²) in [4.78, 5) is 17.5. The summed E-state index contributed by atoms with van der Waals surface area (Å²) in [6.45, 7) is 12.1. The van der Waals surface area contributed by atoms with Crippen molar-refractivity contribution in [1.82, 2.24) is 9.80 Å². The van der Waals surface area contributed by atoms with Crippen LogP contribution in [0.25, 0.3) is 0 Å². The number of ether oxygens (including phenoxy) is 1. The molecule has 2 aromatic rings. The van der Waals surface area contributed by atoms with E-state index < -0.39 is 0 Å². The van der Waals surface area contributed by atoms with Gasteiger partial charge in [0.1, 0.15) is 5.75 Å². The van der Waals surface area contributed by atoms with Crippen molar-refractivity contribution in [2.75, 3.05) is 32.8 Å². The molecule has 0 radical (unpaired) electrons.